The van der Waals surface area contributed by atoms with Gasteiger partial charge in [-0.3, -0.25) is 0 Å². The van der Waals surface area contributed by atoms with Crippen molar-refractivity contribution in [3.8, 4) is 5.69 Å². The van der Waals surface area contributed by atoms with Crippen LogP contribution in [0.3, 0.4) is 0 Å². The zero-order chi connectivity index (χ0) is 14.4. The van der Waals surface area contributed by atoms with Gasteiger partial charge in [-0.1, -0.05) is 33.3 Å². The third kappa shape index (κ3) is 3.86. The maximum atomic E-state index is 4.10. The predicted molar refractivity (Wildman–Crippen MR) is 85.3 cm³/mol. The number of nitrogens with zero attached hydrogens (tertiary/aromatic N) is 2. The molecule has 20 heavy (non-hydrogen) atoms. The van der Waals surface area contributed by atoms with Crippen LogP contribution in [0.1, 0.15) is 40.0 Å². The molecule has 0 aliphatic rings. The standard InChI is InChI=1S/C17H25N3/c1-4-14(3)11-15(5-2)19-16-7-6-8-17(12-16)20-10-9-18-13-20/h6-10,12-15,19H,4-5,11H2,1-3H3. The Labute approximate surface area is 122 Å². The summed E-state index contributed by atoms with van der Waals surface area (Å²) in [6.07, 6.45) is 9.22. The van der Waals surface area contributed by atoms with Crippen LogP contribution < -0.4 is 5.32 Å². The topological polar surface area (TPSA) is 29.9 Å². The molecule has 0 amide bonds. The van der Waals surface area contributed by atoms with Gasteiger partial charge < -0.3 is 9.88 Å². The first-order chi connectivity index (χ1) is 9.72. The van der Waals surface area contributed by atoms with Gasteiger partial charge in [0.1, 0.15) is 0 Å². The number of anilines is 1. The van der Waals surface area contributed by atoms with Crippen LogP contribution in [0.15, 0.2) is 43.0 Å². The molecule has 0 spiro atoms. The summed E-state index contributed by atoms with van der Waals surface area (Å²) in [6, 6.07) is 9.06. The lowest BCUT2D eigenvalue weighted by atomic mass is 9.97. The maximum Gasteiger partial charge on any atom is 0.0991 e. The van der Waals surface area contributed by atoms with Crippen molar-refractivity contribution in [1.82, 2.24) is 9.55 Å². The minimum absolute atomic E-state index is 0.544. The molecule has 0 radical (unpaired) electrons. The first-order valence-corrected chi connectivity index (χ1v) is 7.57. The van der Waals surface area contributed by atoms with E-state index >= 15 is 0 Å². The van der Waals surface area contributed by atoms with Gasteiger partial charge in [-0.25, -0.2) is 4.98 Å². The van der Waals surface area contributed by atoms with Crippen LogP contribution >= 0.6 is 0 Å². The van der Waals surface area contributed by atoms with E-state index in [1.54, 1.807) is 6.20 Å². The molecule has 0 aliphatic heterocycles. The number of hydrogen-bond donors (Lipinski definition) is 1. The molecule has 2 unspecified atom stereocenters. The normalized spacial score (nSPS) is 13.9. The van der Waals surface area contributed by atoms with Crippen molar-refractivity contribution in [2.24, 2.45) is 5.92 Å². The molecule has 0 saturated carbocycles. The molecule has 1 heterocycles. The van der Waals surface area contributed by atoms with Gasteiger partial charge >= 0.3 is 0 Å². The van der Waals surface area contributed by atoms with Crippen molar-refractivity contribution in [1.29, 1.82) is 0 Å². The lowest BCUT2D eigenvalue weighted by Gasteiger charge is -2.21. The summed E-state index contributed by atoms with van der Waals surface area (Å²) in [6.45, 7) is 6.84. The second-order valence-corrected chi connectivity index (χ2v) is 5.52. The summed E-state index contributed by atoms with van der Waals surface area (Å²) in [5.41, 5.74) is 2.33. The van der Waals surface area contributed by atoms with Crippen LogP contribution in [-0.4, -0.2) is 15.6 Å². The molecule has 0 aliphatic carbocycles. The monoisotopic (exact) mass is 271 g/mol. The van der Waals surface area contributed by atoms with E-state index in [4.69, 9.17) is 0 Å². The summed E-state index contributed by atoms with van der Waals surface area (Å²) in [5, 5.41) is 3.66. The van der Waals surface area contributed by atoms with E-state index < -0.39 is 0 Å². The number of benzene rings is 1. The van der Waals surface area contributed by atoms with E-state index in [1.165, 1.54) is 18.5 Å². The highest BCUT2D eigenvalue weighted by molar-refractivity contribution is 5.51. The zero-order valence-corrected chi connectivity index (χ0v) is 12.7. The Kier molecular flexibility index (Phi) is 5.22. The molecule has 1 aromatic carbocycles. The fraction of sp³-hybridized carbons (Fsp3) is 0.471. The van der Waals surface area contributed by atoms with Gasteiger partial charge in [0.2, 0.25) is 0 Å². The second kappa shape index (κ2) is 7.13. The first kappa shape index (κ1) is 14.6. The van der Waals surface area contributed by atoms with Crippen LogP contribution in [0.4, 0.5) is 5.69 Å². The molecule has 0 saturated heterocycles. The Morgan fingerprint density at radius 1 is 1.25 bits per heavy atom. The maximum absolute atomic E-state index is 4.10. The minimum Gasteiger partial charge on any atom is -0.382 e. The molecular formula is C17H25N3. The average molecular weight is 271 g/mol. The Bertz CT molecular complexity index is 505. The van der Waals surface area contributed by atoms with Crippen LogP contribution in [-0.2, 0) is 0 Å². The SMILES string of the molecule is CCC(C)CC(CC)Nc1cccc(-n2ccnc2)c1. The van der Waals surface area contributed by atoms with Gasteiger partial charge in [-0.05, 0) is 37.0 Å². The van der Waals surface area contributed by atoms with Crippen molar-refractivity contribution in [3.63, 3.8) is 0 Å². The fourth-order valence-electron chi connectivity index (χ4n) is 2.38. The number of nitrogens with one attached hydrogen (secondary N) is 1. The molecule has 3 heteroatoms. The summed E-state index contributed by atoms with van der Waals surface area (Å²) >= 11 is 0. The second-order valence-electron chi connectivity index (χ2n) is 5.52. The molecule has 1 aromatic heterocycles. The molecule has 2 rings (SSSR count). The van der Waals surface area contributed by atoms with Crippen LogP contribution in [0.2, 0.25) is 0 Å². The van der Waals surface area contributed by atoms with Crippen LogP contribution in [0.5, 0.6) is 0 Å². The molecule has 108 valence electrons. The predicted octanol–water partition coefficient (Wildman–Crippen LogP) is 4.50. The molecule has 0 bridgehead atoms. The third-order valence-corrected chi connectivity index (χ3v) is 3.90. The zero-order valence-electron chi connectivity index (χ0n) is 12.7. The van der Waals surface area contributed by atoms with Crippen molar-refractivity contribution >= 4 is 5.69 Å². The molecule has 3 nitrogen and oxygen atoms in total. The summed E-state index contributed by atoms with van der Waals surface area (Å²) in [4.78, 5) is 4.10. The highest BCUT2D eigenvalue weighted by Gasteiger charge is 2.10. The van der Waals surface area contributed by atoms with Gasteiger partial charge in [0.25, 0.3) is 0 Å². The van der Waals surface area contributed by atoms with E-state index in [0.29, 0.717) is 6.04 Å². The Morgan fingerprint density at radius 3 is 2.75 bits per heavy atom. The van der Waals surface area contributed by atoms with Crippen molar-refractivity contribution in [2.45, 2.75) is 46.1 Å². The highest BCUT2D eigenvalue weighted by atomic mass is 15.0. The Morgan fingerprint density at radius 2 is 2.10 bits per heavy atom. The fourth-order valence-corrected chi connectivity index (χ4v) is 2.38. The molecule has 0 fully saturated rings. The number of hydrogen-bond acceptors (Lipinski definition) is 2. The largest absolute Gasteiger partial charge is 0.382 e. The van der Waals surface area contributed by atoms with Crippen molar-refractivity contribution < 1.29 is 0 Å². The molecule has 2 aromatic rings. The van der Waals surface area contributed by atoms with E-state index in [1.807, 2.05) is 17.1 Å². The van der Waals surface area contributed by atoms with Crippen LogP contribution in [0, 0.1) is 5.92 Å². The van der Waals surface area contributed by atoms with Gasteiger partial charge in [-0.2, -0.15) is 0 Å². The first-order valence-electron chi connectivity index (χ1n) is 7.57. The van der Waals surface area contributed by atoms with Gasteiger partial charge in [0, 0.05) is 29.8 Å². The minimum atomic E-state index is 0.544. The third-order valence-electron chi connectivity index (χ3n) is 3.90. The van der Waals surface area contributed by atoms with Crippen molar-refractivity contribution in [2.75, 3.05) is 5.32 Å². The lowest BCUT2D eigenvalue weighted by molar-refractivity contribution is 0.462. The van der Waals surface area contributed by atoms with Crippen LogP contribution in [0.25, 0.3) is 5.69 Å². The summed E-state index contributed by atoms with van der Waals surface area (Å²) < 4.78 is 2.03. The van der Waals surface area contributed by atoms with Gasteiger partial charge in [0.05, 0.1) is 6.33 Å². The summed E-state index contributed by atoms with van der Waals surface area (Å²) in [7, 11) is 0. The number of imidazole rings is 1. The highest BCUT2D eigenvalue weighted by Crippen LogP contribution is 2.19. The number of rotatable bonds is 7. The smallest absolute Gasteiger partial charge is 0.0991 e. The quantitative estimate of drug-likeness (QED) is 0.803. The van der Waals surface area contributed by atoms with E-state index in [9.17, 15) is 0 Å². The van der Waals surface area contributed by atoms with E-state index in [0.717, 1.165) is 18.0 Å². The van der Waals surface area contributed by atoms with Gasteiger partial charge in [-0.15, -0.1) is 0 Å². The molecule has 2 atom stereocenters. The molecule has 1 N–H and O–H groups in total. The number of aromatic nitrogens is 2. The van der Waals surface area contributed by atoms with E-state index in [2.05, 4.69) is 55.3 Å². The van der Waals surface area contributed by atoms with Gasteiger partial charge in [0.15, 0.2) is 0 Å². The summed E-state index contributed by atoms with van der Waals surface area (Å²) in [5.74, 6) is 0.768. The average Bonchev–Trinajstić information content (AvgIpc) is 3.01. The Hall–Kier alpha value is -1.77. The lowest BCUT2D eigenvalue weighted by Crippen LogP contribution is -2.21. The van der Waals surface area contributed by atoms with Crippen molar-refractivity contribution in [3.05, 3.63) is 43.0 Å². The Balaban J connectivity index is 2.07. The molecular weight excluding hydrogens is 246 g/mol. The van der Waals surface area contributed by atoms with E-state index in [-0.39, 0.29) is 0 Å².